The summed E-state index contributed by atoms with van der Waals surface area (Å²) in [6.45, 7) is 6.14. The molecule has 0 aromatic heterocycles. The number of benzene rings is 5. The van der Waals surface area contributed by atoms with Gasteiger partial charge in [-0.15, -0.1) is 0 Å². The smallest absolute Gasteiger partial charge is 0.343 e. The summed E-state index contributed by atoms with van der Waals surface area (Å²) in [6, 6.07) is 46.2. The van der Waals surface area contributed by atoms with Gasteiger partial charge in [0.15, 0.2) is 0 Å². The average Bonchev–Trinajstić information content (AvgIpc) is 2.96. The summed E-state index contributed by atoms with van der Waals surface area (Å²) in [5.41, 5.74) is 4.06. The first-order valence-corrected chi connectivity index (χ1v) is 13.1. The van der Waals surface area contributed by atoms with Gasteiger partial charge in [0.05, 0.1) is 11.0 Å². The number of esters is 1. The van der Waals surface area contributed by atoms with Crippen molar-refractivity contribution in [2.45, 2.75) is 31.8 Å². The molecule has 0 saturated heterocycles. The minimum atomic E-state index is -0.606. The molecule has 0 atom stereocenters. The number of carbonyl (C=O) groups is 1. The van der Waals surface area contributed by atoms with Crippen molar-refractivity contribution in [1.82, 2.24) is 0 Å². The molecule has 0 heterocycles. The van der Waals surface area contributed by atoms with Crippen molar-refractivity contribution in [2.24, 2.45) is 0 Å². The molecule has 0 amide bonds. The van der Waals surface area contributed by atoms with Crippen molar-refractivity contribution in [3.63, 3.8) is 0 Å². The summed E-state index contributed by atoms with van der Waals surface area (Å²) < 4.78 is 11.8. The Labute approximate surface area is 230 Å². The molecular formula is C36H32O3. The van der Waals surface area contributed by atoms with Crippen LogP contribution in [-0.2, 0) is 5.41 Å². The lowest BCUT2D eigenvalue weighted by Gasteiger charge is -2.37. The Kier molecular flexibility index (Phi) is 7.33. The fourth-order valence-corrected chi connectivity index (χ4v) is 5.02. The maximum absolute atomic E-state index is 12.7. The quantitative estimate of drug-likeness (QED) is 0.125. The molecule has 0 bridgehead atoms. The van der Waals surface area contributed by atoms with E-state index in [1.165, 1.54) is 0 Å². The molecule has 5 aromatic carbocycles. The summed E-state index contributed by atoms with van der Waals surface area (Å²) in [4.78, 5) is 12.7. The fourth-order valence-electron chi connectivity index (χ4n) is 5.02. The van der Waals surface area contributed by atoms with Crippen LogP contribution in [0, 0.1) is 0 Å². The SMILES string of the molecule is CC(C)(C)Oc1ccc(C(c2ccccc2)(c2ccccc2)c2ccc(OC(=O)c3ccccc3)cc2)cc1. The van der Waals surface area contributed by atoms with Crippen LogP contribution in [0.2, 0.25) is 0 Å². The summed E-state index contributed by atoms with van der Waals surface area (Å²) in [7, 11) is 0. The summed E-state index contributed by atoms with van der Waals surface area (Å²) >= 11 is 0. The van der Waals surface area contributed by atoms with E-state index >= 15 is 0 Å². The van der Waals surface area contributed by atoms with Crippen molar-refractivity contribution in [2.75, 3.05) is 0 Å². The molecule has 0 aliphatic heterocycles. The number of rotatable bonds is 7. The van der Waals surface area contributed by atoms with E-state index < -0.39 is 5.41 Å². The lowest BCUT2D eigenvalue weighted by atomic mass is 9.65. The average molecular weight is 513 g/mol. The Morgan fingerprint density at radius 1 is 0.487 bits per heavy atom. The van der Waals surface area contributed by atoms with Crippen LogP contribution in [-0.4, -0.2) is 11.6 Å². The molecule has 0 radical (unpaired) electrons. The van der Waals surface area contributed by atoms with Gasteiger partial charge < -0.3 is 9.47 Å². The highest BCUT2D eigenvalue weighted by Crippen LogP contribution is 2.45. The molecule has 0 fully saturated rings. The maximum Gasteiger partial charge on any atom is 0.343 e. The molecule has 0 aliphatic rings. The first kappa shape index (κ1) is 26.0. The highest BCUT2D eigenvalue weighted by Gasteiger charge is 2.38. The molecule has 0 unspecified atom stereocenters. The first-order valence-electron chi connectivity index (χ1n) is 13.1. The van der Waals surface area contributed by atoms with Gasteiger partial charge in [-0.25, -0.2) is 4.79 Å². The standard InChI is InChI=1S/C36H32O3/c1-35(2,3)39-33-25-21-31(22-26-33)36(28-15-9-5-10-16-28,29-17-11-6-12-18-29)30-19-23-32(24-20-30)38-34(37)27-13-7-4-8-14-27/h4-26H,1-3H3. The lowest BCUT2D eigenvalue weighted by molar-refractivity contribution is 0.0734. The van der Waals surface area contributed by atoms with Gasteiger partial charge in [-0.3, -0.25) is 0 Å². The second-order valence-corrected chi connectivity index (χ2v) is 10.5. The second kappa shape index (κ2) is 11.0. The minimum absolute atomic E-state index is 0.287. The van der Waals surface area contributed by atoms with Gasteiger partial charge in [-0.2, -0.15) is 0 Å². The van der Waals surface area contributed by atoms with E-state index in [9.17, 15) is 4.79 Å². The van der Waals surface area contributed by atoms with Crippen molar-refractivity contribution in [3.05, 3.63) is 167 Å². The molecule has 5 aromatic rings. The van der Waals surface area contributed by atoms with Crippen molar-refractivity contribution >= 4 is 5.97 Å². The summed E-state index contributed by atoms with van der Waals surface area (Å²) in [5.74, 6) is 0.941. The van der Waals surface area contributed by atoms with Crippen molar-refractivity contribution in [3.8, 4) is 11.5 Å². The van der Waals surface area contributed by atoms with Gasteiger partial charge in [0.2, 0.25) is 0 Å². The van der Waals surface area contributed by atoms with Crippen LogP contribution in [0.4, 0.5) is 0 Å². The highest BCUT2D eigenvalue weighted by molar-refractivity contribution is 5.91. The molecule has 3 heteroatoms. The summed E-state index contributed by atoms with van der Waals surface area (Å²) in [5, 5.41) is 0. The number of ether oxygens (including phenoxy) is 2. The van der Waals surface area contributed by atoms with E-state index in [2.05, 4.69) is 60.7 Å². The Morgan fingerprint density at radius 2 is 0.872 bits per heavy atom. The third-order valence-corrected chi connectivity index (χ3v) is 6.63. The molecular weight excluding hydrogens is 480 g/mol. The molecule has 194 valence electrons. The first-order chi connectivity index (χ1) is 18.9. The van der Waals surface area contributed by atoms with Crippen molar-refractivity contribution < 1.29 is 14.3 Å². The van der Waals surface area contributed by atoms with Gasteiger partial charge in [0, 0.05) is 0 Å². The van der Waals surface area contributed by atoms with Crippen molar-refractivity contribution in [1.29, 1.82) is 0 Å². The molecule has 39 heavy (non-hydrogen) atoms. The van der Waals surface area contributed by atoms with Gasteiger partial charge in [-0.1, -0.05) is 103 Å². The number of hydrogen-bond acceptors (Lipinski definition) is 3. The molecule has 0 saturated carbocycles. The lowest BCUT2D eigenvalue weighted by Crippen LogP contribution is -2.31. The fraction of sp³-hybridized carbons (Fsp3) is 0.139. The third kappa shape index (κ3) is 5.63. The van der Waals surface area contributed by atoms with Crippen LogP contribution >= 0.6 is 0 Å². The van der Waals surface area contributed by atoms with Crippen LogP contribution in [0.25, 0.3) is 0 Å². The largest absolute Gasteiger partial charge is 0.488 e. The Bertz CT molecular complexity index is 1460. The minimum Gasteiger partial charge on any atom is -0.488 e. The molecule has 0 spiro atoms. The van der Waals surface area contributed by atoms with E-state index in [-0.39, 0.29) is 11.6 Å². The Balaban J connectivity index is 1.63. The second-order valence-electron chi connectivity index (χ2n) is 10.5. The van der Waals surface area contributed by atoms with E-state index in [0.29, 0.717) is 11.3 Å². The topological polar surface area (TPSA) is 35.5 Å². The predicted molar refractivity (Wildman–Crippen MR) is 157 cm³/mol. The predicted octanol–water partition coefficient (Wildman–Crippen LogP) is 8.47. The third-order valence-electron chi connectivity index (χ3n) is 6.63. The molecule has 5 rings (SSSR count). The molecule has 0 aliphatic carbocycles. The van der Waals surface area contributed by atoms with Crippen LogP contribution < -0.4 is 9.47 Å². The summed E-state index contributed by atoms with van der Waals surface area (Å²) in [6.07, 6.45) is 0. The van der Waals surface area contributed by atoms with E-state index in [1.54, 1.807) is 12.1 Å². The van der Waals surface area contributed by atoms with E-state index in [4.69, 9.17) is 9.47 Å². The van der Waals surface area contributed by atoms with Gasteiger partial charge in [0.25, 0.3) is 0 Å². The Hall–Kier alpha value is -4.63. The van der Waals surface area contributed by atoms with Crippen LogP contribution in [0.5, 0.6) is 11.5 Å². The normalized spacial score (nSPS) is 11.6. The van der Waals surface area contributed by atoms with Crippen LogP contribution in [0.3, 0.4) is 0 Å². The van der Waals surface area contributed by atoms with E-state index in [0.717, 1.165) is 28.0 Å². The molecule has 3 nitrogen and oxygen atoms in total. The van der Waals surface area contributed by atoms with Crippen LogP contribution in [0.15, 0.2) is 140 Å². The van der Waals surface area contributed by atoms with Gasteiger partial charge in [-0.05, 0) is 79.4 Å². The highest BCUT2D eigenvalue weighted by atomic mass is 16.5. The van der Waals surface area contributed by atoms with Gasteiger partial charge in [0.1, 0.15) is 17.1 Å². The van der Waals surface area contributed by atoms with Crippen LogP contribution in [0.1, 0.15) is 53.4 Å². The maximum atomic E-state index is 12.7. The number of carbonyl (C=O) groups excluding carboxylic acids is 1. The zero-order valence-corrected chi connectivity index (χ0v) is 22.5. The van der Waals surface area contributed by atoms with E-state index in [1.807, 2.05) is 87.5 Å². The number of hydrogen-bond donors (Lipinski definition) is 0. The monoisotopic (exact) mass is 512 g/mol. The zero-order valence-electron chi connectivity index (χ0n) is 22.5. The van der Waals surface area contributed by atoms with Gasteiger partial charge >= 0.3 is 5.97 Å². The Morgan fingerprint density at radius 3 is 1.31 bits per heavy atom. The molecule has 0 N–H and O–H groups in total. The zero-order chi connectivity index (χ0) is 27.3.